The number of fused-ring (bicyclic) bond motifs is 2. The number of nitrogens with two attached hydrogens (primary N) is 1. The van der Waals surface area contributed by atoms with Crippen LogP contribution >= 0.6 is 0 Å². The molecular formula is C21H24FN5OS. The minimum absolute atomic E-state index is 0.0450. The molecule has 0 spiro atoms. The largest absolute Gasteiger partial charge is 0.366 e. The zero-order valence-electron chi connectivity index (χ0n) is 16.3. The van der Waals surface area contributed by atoms with E-state index in [0.29, 0.717) is 30.6 Å². The number of benzene rings is 2. The maximum atomic E-state index is 13.7. The monoisotopic (exact) mass is 413 g/mol. The molecule has 2 unspecified atom stereocenters. The van der Waals surface area contributed by atoms with E-state index in [2.05, 4.69) is 5.32 Å². The van der Waals surface area contributed by atoms with Crippen LogP contribution in [0.4, 0.5) is 16.2 Å². The standard InChI is InChI=1S/C21H24FN5OS/c1-14-6-7-18-17(10-14)20(24-12-16(22)11-23)26-21(25-18)27-8-9-29(28)19-5-3-2-4-15(19)13-27/h2-7,10,16H,8-9,11-13,23H2,1H3,(H,24,25,26). The molecule has 4 rings (SSSR count). The molecule has 0 bridgehead atoms. The molecule has 0 saturated carbocycles. The van der Waals surface area contributed by atoms with E-state index in [4.69, 9.17) is 15.7 Å². The fourth-order valence-electron chi connectivity index (χ4n) is 3.41. The van der Waals surface area contributed by atoms with Crippen molar-refractivity contribution in [3.05, 3.63) is 53.6 Å². The van der Waals surface area contributed by atoms with E-state index in [9.17, 15) is 8.60 Å². The Kier molecular flexibility index (Phi) is 5.73. The Morgan fingerprint density at radius 2 is 2.10 bits per heavy atom. The van der Waals surface area contributed by atoms with Gasteiger partial charge in [-0.15, -0.1) is 0 Å². The molecule has 3 N–H and O–H groups in total. The van der Waals surface area contributed by atoms with Crippen LogP contribution in [-0.4, -0.2) is 45.7 Å². The molecule has 1 aliphatic rings. The van der Waals surface area contributed by atoms with E-state index in [1.54, 1.807) is 0 Å². The maximum absolute atomic E-state index is 13.7. The van der Waals surface area contributed by atoms with Crippen molar-refractivity contribution in [3.63, 3.8) is 0 Å². The first-order chi connectivity index (χ1) is 14.0. The highest BCUT2D eigenvalue weighted by molar-refractivity contribution is 7.85. The number of nitrogens with zero attached hydrogens (tertiary/aromatic N) is 3. The number of nitrogens with one attached hydrogen (secondary N) is 1. The molecule has 6 nitrogen and oxygen atoms in total. The summed E-state index contributed by atoms with van der Waals surface area (Å²) in [6.07, 6.45) is -1.15. The highest BCUT2D eigenvalue weighted by atomic mass is 32.2. The third-order valence-corrected chi connectivity index (χ3v) is 6.44. The summed E-state index contributed by atoms with van der Waals surface area (Å²) in [6.45, 7) is 3.19. The molecule has 2 heterocycles. The first-order valence-corrected chi connectivity index (χ1v) is 10.9. The zero-order chi connectivity index (χ0) is 20.4. The Balaban J connectivity index is 1.73. The molecule has 1 aliphatic heterocycles. The van der Waals surface area contributed by atoms with Crippen LogP contribution in [0.15, 0.2) is 47.4 Å². The van der Waals surface area contributed by atoms with Crippen LogP contribution in [0.2, 0.25) is 0 Å². The summed E-state index contributed by atoms with van der Waals surface area (Å²) >= 11 is 0. The van der Waals surface area contributed by atoms with Gasteiger partial charge in [-0.25, -0.2) is 9.37 Å². The Bertz CT molecular complexity index is 1060. The maximum Gasteiger partial charge on any atom is 0.228 e. The van der Waals surface area contributed by atoms with Crippen molar-refractivity contribution in [2.45, 2.75) is 24.5 Å². The molecule has 0 saturated heterocycles. The van der Waals surface area contributed by atoms with Gasteiger partial charge in [0, 0.05) is 42.2 Å². The Hall–Kier alpha value is -2.58. The van der Waals surface area contributed by atoms with Crippen molar-refractivity contribution < 1.29 is 8.60 Å². The topological polar surface area (TPSA) is 84.1 Å². The smallest absolute Gasteiger partial charge is 0.228 e. The average Bonchev–Trinajstić information content (AvgIpc) is 2.91. The number of aryl methyl sites for hydroxylation is 1. The zero-order valence-corrected chi connectivity index (χ0v) is 17.1. The first-order valence-electron chi connectivity index (χ1n) is 9.63. The molecule has 1 aromatic heterocycles. The predicted molar refractivity (Wildman–Crippen MR) is 115 cm³/mol. The molecular weight excluding hydrogens is 389 g/mol. The van der Waals surface area contributed by atoms with Gasteiger partial charge in [0.2, 0.25) is 5.95 Å². The van der Waals surface area contributed by atoms with Gasteiger partial charge in [-0.2, -0.15) is 4.98 Å². The Morgan fingerprint density at radius 1 is 1.28 bits per heavy atom. The number of hydrogen-bond acceptors (Lipinski definition) is 6. The lowest BCUT2D eigenvalue weighted by Crippen LogP contribution is -2.28. The van der Waals surface area contributed by atoms with E-state index in [-0.39, 0.29) is 13.1 Å². The van der Waals surface area contributed by atoms with Crippen LogP contribution < -0.4 is 16.0 Å². The van der Waals surface area contributed by atoms with Crippen molar-refractivity contribution in [1.82, 2.24) is 9.97 Å². The summed E-state index contributed by atoms with van der Waals surface area (Å²) in [5, 5.41) is 3.94. The molecule has 152 valence electrons. The van der Waals surface area contributed by atoms with Gasteiger partial charge in [0.1, 0.15) is 12.0 Å². The minimum Gasteiger partial charge on any atom is -0.366 e. The van der Waals surface area contributed by atoms with E-state index in [1.165, 1.54) is 0 Å². The van der Waals surface area contributed by atoms with Crippen molar-refractivity contribution in [1.29, 1.82) is 0 Å². The average molecular weight is 414 g/mol. The summed E-state index contributed by atoms with van der Waals surface area (Å²) in [5.41, 5.74) is 8.28. The first kappa shape index (κ1) is 19.7. The van der Waals surface area contributed by atoms with Crippen molar-refractivity contribution in [2.75, 3.05) is 35.6 Å². The van der Waals surface area contributed by atoms with Gasteiger partial charge >= 0.3 is 0 Å². The van der Waals surface area contributed by atoms with Crippen molar-refractivity contribution in [2.24, 2.45) is 5.73 Å². The lowest BCUT2D eigenvalue weighted by molar-refractivity contribution is 0.358. The number of rotatable bonds is 5. The predicted octanol–water partition coefficient (Wildman–Crippen LogP) is 2.77. The van der Waals surface area contributed by atoms with Crippen molar-refractivity contribution in [3.8, 4) is 0 Å². The second-order valence-corrected chi connectivity index (χ2v) is 8.72. The summed E-state index contributed by atoms with van der Waals surface area (Å²) < 4.78 is 26.3. The summed E-state index contributed by atoms with van der Waals surface area (Å²) in [7, 11) is -1.05. The summed E-state index contributed by atoms with van der Waals surface area (Å²) in [4.78, 5) is 12.4. The quantitative estimate of drug-likeness (QED) is 0.669. The molecule has 29 heavy (non-hydrogen) atoms. The Labute approximate surface area is 171 Å². The van der Waals surface area contributed by atoms with Gasteiger partial charge in [-0.1, -0.05) is 29.8 Å². The molecule has 0 fully saturated rings. The summed E-state index contributed by atoms with van der Waals surface area (Å²) in [6, 6.07) is 13.7. The van der Waals surface area contributed by atoms with Crippen LogP contribution in [0.3, 0.4) is 0 Å². The fourth-order valence-corrected chi connectivity index (χ4v) is 4.67. The molecule has 8 heteroatoms. The number of aromatic nitrogens is 2. The van der Waals surface area contributed by atoms with Gasteiger partial charge in [-0.3, -0.25) is 4.21 Å². The van der Waals surface area contributed by atoms with Gasteiger partial charge < -0.3 is 16.0 Å². The van der Waals surface area contributed by atoms with E-state index in [1.807, 2.05) is 54.3 Å². The highest BCUT2D eigenvalue weighted by Gasteiger charge is 2.22. The van der Waals surface area contributed by atoms with Gasteiger partial charge in [-0.05, 0) is 30.7 Å². The van der Waals surface area contributed by atoms with Gasteiger partial charge in [0.15, 0.2) is 0 Å². The highest BCUT2D eigenvalue weighted by Crippen LogP contribution is 2.28. The van der Waals surface area contributed by atoms with Crippen LogP contribution in [0.1, 0.15) is 11.1 Å². The van der Waals surface area contributed by atoms with Gasteiger partial charge in [0.25, 0.3) is 0 Å². The third kappa shape index (κ3) is 4.23. The number of anilines is 2. The van der Waals surface area contributed by atoms with Crippen LogP contribution in [0.25, 0.3) is 10.9 Å². The fraction of sp³-hybridized carbons (Fsp3) is 0.333. The number of halogens is 1. The number of hydrogen-bond donors (Lipinski definition) is 2. The second-order valence-electron chi connectivity index (χ2n) is 7.19. The van der Waals surface area contributed by atoms with E-state index < -0.39 is 17.0 Å². The molecule has 0 aliphatic carbocycles. The lowest BCUT2D eigenvalue weighted by Gasteiger charge is -2.22. The molecule has 0 amide bonds. The normalized spacial score (nSPS) is 17.6. The molecule has 0 radical (unpaired) electrons. The number of alkyl halides is 1. The van der Waals surface area contributed by atoms with Crippen LogP contribution in [-0.2, 0) is 17.3 Å². The third-order valence-electron chi connectivity index (χ3n) is 4.99. The Morgan fingerprint density at radius 3 is 2.93 bits per heavy atom. The van der Waals surface area contributed by atoms with Crippen LogP contribution in [0, 0.1) is 6.92 Å². The molecule has 2 aromatic carbocycles. The van der Waals surface area contributed by atoms with E-state index in [0.717, 1.165) is 26.9 Å². The van der Waals surface area contributed by atoms with Crippen molar-refractivity contribution >= 4 is 33.5 Å². The lowest BCUT2D eigenvalue weighted by atomic mass is 10.1. The van der Waals surface area contributed by atoms with E-state index >= 15 is 0 Å². The second kappa shape index (κ2) is 8.42. The molecule has 2 atom stereocenters. The minimum atomic E-state index is -1.15. The van der Waals surface area contributed by atoms with Gasteiger partial charge in [0.05, 0.1) is 16.3 Å². The summed E-state index contributed by atoms with van der Waals surface area (Å²) in [5.74, 6) is 1.64. The molecule has 3 aromatic rings. The van der Waals surface area contributed by atoms with Crippen LogP contribution in [0.5, 0.6) is 0 Å². The SMILES string of the molecule is Cc1ccc2nc(N3CCS(=O)c4ccccc4C3)nc(NCC(F)CN)c2c1.